The summed E-state index contributed by atoms with van der Waals surface area (Å²) < 4.78 is 23.1. The Labute approximate surface area is 111 Å². The second-order valence-corrected chi connectivity index (χ2v) is 8.23. The molecule has 0 aromatic heterocycles. The van der Waals surface area contributed by atoms with Crippen LogP contribution in [0.1, 0.15) is 32.1 Å². The average molecular weight is 274 g/mol. The third-order valence-corrected chi connectivity index (χ3v) is 6.18. The van der Waals surface area contributed by atoms with E-state index in [2.05, 4.69) is 4.90 Å². The molecule has 0 radical (unpaired) electrons. The third-order valence-electron chi connectivity index (χ3n) is 4.46. The monoisotopic (exact) mass is 274 g/mol. The molecule has 2 N–H and O–H groups in total. The highest BCUT2D eigenvalue weighted by Crippen LogP contribution is 2.28. The lowest BCUT2D eigenvalue weighted by Crippen LogP contribution is -2.34. The fraction of sp³-hybridized carbons (Fsp3) is 1.00. The van der Waals surface area contributed by atoms with Crippen molar-refractivity contribution < 1.29 is 8.42 Å². The van der Waals surface area contributed by atoms with Crippen molar-refractivity contribution in [3.63, 3.8) is 0 Å². The fourth-order valence-corrected chi connectivity index (χ4v) is 4.50. The zero-order chi connectivity index (χ0) is 13.0. The lowest BCUT2D eigenvalue weighted by Gasteiger charge is -2.31. The van der Waals surface area contributed by atoms with Crippen molar-refractivity contribution in [1.29, 1.82) is 0 Å². The standard InChI is InChI=1S/C13H26N2O2S/c14-10-12-2-4-13(5-3-12)11-15-6-1-8-18(16,17)9-7-15/h12-13H,1-11,14H2. The van der Waals surface area contributed by atoms with Gasteiger partial charge in [-0.25, -0.2) is 8.42 Å². The van der Waals surface area contributed by atoms with Crippen LogP contribution in [0, 0.1) is 11.8 Å². The Morgan fingerprint density at radius 2 is 1.67 bits per heavy atom. The highest BCUT2D eigenvalue weighted by molar-refractivity contribution is 7.91. The summed E-state index contributed by atoms with van der Waals surface area (Å²) in [4.78, 5) is 2.36. The van der Waals surface area contributed by atoms with Gasteiger partial charge in [-0.3, -0.25) is 0 Å². The van der Waals surface area contributed by atoms with Crippen molar-refractivity contribution in [3.8, 4) is 0 Å². The summed E-state index contributed by atoms with van der Waals surface area (Å²) in [7, 11) is -2.76. The van der Waals surface area contributed by atoms with Crippen LogP contribution in [0.15, 0.2) is 0 Å². The molecule has 1 saturated carbocycles. The van der Waals surface area contributed by atoms with Crippen LogP contribution in [0.5, 0.6) is 0 Å². The van der Waals surface area contributed by atoms with Gasteiger partial charge < -0.3 is 10.6 Å². The van der Waals surface area contributed by atoms with Crippen molar-refractivity contribution in [2.45, 2.75) is 32.1 Å². The number of rotatable bonds is 3. The van der Waals surface area contributed by atoms with E-state index in [0.29, 0.717) is 11.5 Å². The van der Waals surface area contributed by atoms with Gasteiger partial charge in [0.2, 0.25) is 0 Å². The van der Waals surface area contributed by atoms with Gasteiger partial charge in [0.15, 0.2) is 9.84 Å². The van der Waals surface area contributed by atoms with Crippen LogP contribution >= 0.6 is 0 Å². The van der Waals surface area contributed by atoms with Gasteiger partial charge >= 0.3 is 0 Å². The van der Waals surface area contributed by atoms with Crippen LogP contribution in [0.3, 0.4) is 0 Å². The number of sulfone groups is 1. The number of hydrogen-bond acceptors (Lipinski definition) is 4. The Kier molecular flexibility index (Phi) is 5.04. The molecular formula is C13H26N2O2S. The quantitative estimate of drug-likeness (QED) is 0.829. The maximum Gasteiger partial charge on any atom is 0.151 e. The van der Waals surface area contributed by atoms with Gasteiger partial charge in [0.25, 0.3) is 0 Å². The number of hydrogen-bond donors (Lipinski definition) is 1. The van der Waals surface area contributed by atoms with Gasteiger partial charge in [-0.15, -0.1) is 0 Å². The minimum atomic E-state index is -2.76. The normalized spacial score (nSPS) is 34.1. The second-order valence-electron chi connectivity index (χ2n) is 5.93. The van der Waals surface area contributed by atoms with E-state index in [-0.39, 0.29) is 0 Å². The Balaban J connectivity index is 1.76. The highest BCUT2D eigenvalue weighted by Gasteiger charge is 2.24. The number of nitrogens with two attached hydrogens (primary N) is 1. The van der Waals surface area contributed by atoms with Crippen molar-refractivity contribution in [3.05, 3.63) is 0 Å². The molecule has 18 heavy (non-hydrogen) atoms. The summed E-state index contributed by atoms with van der Waals surface area (Å²) in [5, 5.41) is 0. The molecule has 106 valence electrons. The molecule has 2 fully saturated rings. The smallest absolute Gasteiger partial charge is 0.151 e. The zero-order valence-electron chi connectivity index (χ0n) is 11.2. The first-order valence-electron chi connectivity index (χ1n) is 7.22. The summed E-state index contributed by atoms with van der Waals surface area (Å²) in [5.41, 5.74) is 5.71. The molecule has 2 aliphatic rings. The molecule has 1 saturated heterocycles. The van der Waals surface area contributed by atoms with Crippen molar-refractivity contribution in [2.75, 3.05) is 37.7 Å². The van der Waals surface area contributed by atoms with Gasteiger partial charge in [-0.2, -0.15) is 0 Å². The van der Waals surface area contributed by atoms with Crippen LogP contribution in [-0.4, -0.2) is 51.0 Å². The molecule has 0 amide bonds. The Morgan fingerprint density at radius 3 is 2.33 bits per heavy atom. The molecule has 0 unspecified atom stereocenters. The first-order chi connectivity index (χ1) is 8.59. The second kappa shape index (κ2) is 6.35. The number of nitrogens with zero attached hydrogens (tertiary/aromatic N) is 1. The van der Waals surface area contributed by atoms with E-state index in [0.717, 1.165) is 44.4 Å². The molecule has 1 heterocycles. The fourth-order valence-electron chi connectivity index (χ4n) is 3.19. The van der Waals surface area contributed by atoms with E-state index in [9.17, 15) is 8.42 Å². The predicted octanol–water partition coefficient (Wildman–Crippen LogP) is 0.872. The highest BCUT2D eigenvalue weighted by atomic mass is 32.2. The first-order valence-corrected chi connectivity index (χ1v) is 9.04. The van der Waals surface area contributed by atoms with Gasteiger partial charge in [0.1, 0.15) is 0 Å². The van der Waals surface area contributed by atoms with Crippen molar-refractivity contribution in [1.82, 2.24) is 4.90 Å². The van der Waals surface area contributed by atoms with Crippen LogP contribution in [-0.2, 0) is 9.84 Å². The maximum atomic E-state index is 11.5. The molecule has 1 aliphatic carbocycles. The molecule has 5 heteroatoms. The summed E-state index contributed by atoms with van der Waals surface area (Å²) in [6.07, 6.45) is 5.86. The summed E-state index contributed by atoms with van der Waals surface area (Å²) in [5.74, 6) is 2.22. The van der Waals surface area contributed by atoms with Gasteiger partial charge in [0.05, 0.1) is 11.5 Å². The molecule has 0 atom stereocenters. The van der Waals surface area contributed by atoms with E-state index in [4.69, 9.17) is 5.73 Å². The largest absolute Gasteiger partial charge is 0.330 e. The molecule has 0 aromatic rings. The Morgan fingerprint density at radius 1 is 1.00 bits per heavy atom. The predicted molar refractivity (Wildman–Crippen MR) is 74.2 cm³/mol. The molecule has 0 bridgehead atoms. The first kappa shape index (κ1) is 14.3. The van der Waals surface area contributed by atoms with E-state index >= 15 is 0 Å². The SMILES string of the molecule is NCC1CCC(CN2CCCS(=O)(=O)CC2)CC1. The Bertz CT molecular complexity index is 348. The Hall–Kier alpha value is -0.130. The van der Waals surface area contributed by atoms with Crippen molar-refractivity contribution in [2.24, 2.45) is 17.6 Å². The zero-order valence-corrected chi connectivity index (χ0v) is 12.0. The van der Waals surface area contributed by atoms with E-state index in [1.807, 2.05) is 0 Å². The summed E-state index contributed by atoms with van der Waals surface area (Å²) in [6.45, 7) is 3.61. The lowest BCUT2D eigenvalue weighted by molar-refractivity contribution is 0.190. The molecule has 1 aliphatic heterocycles. The van der Waals surface area contributed by atoms with E-state index < -0.39 is 9.84 Å². The summed E-state index contributed by atoms with van der Waals surface area (Å²) in [6, 6.07) is 0. The van der Waals surface area contributed by atoms with Crippen LogP contribution in [0.2, 0.25) is 0 Å². The van der Waals surface area contributed by atoms with E-state index in [1.54, 1.807) is 0 Å². The van der Waals surface area contributed by atoms with Gasteiger partial charge in [0, 0.05) is 13.1 Å². The molecule has 0 spiro atoms. The molecule has 4 nitrogen and oxygen atoms in total. The van der Waals surface area contributed by atoms with Gasteiger partial charge in [-0.1, -0.05) is 0 Å². The minimum absolute atomic E-state index is 0.352. The lowest BCUT2D eigenvalue weighted by atomic mass is 9.82. The van der Waals surface area contributed by atoms with Crippen LogP contribution in [0.25, 0.3) is 0 Å². The van der Waals surface area contributed by atoms with Crippen LogP contribution < -0.4 is 5.73 Å². The maximum absolute atomic E-state index is 11.5. The third kappa shape index (κ3) is 4.21. The summed E-state index contributed by atoms with van der Waals surface area (Å²) >= 11 is 0. The van der Waals surface area contributed by atoms with Crippen LogP contribution in [0.4, 0.5) is 0 Å². The molecule has 2 rings (SSSR count). The van der Waals surface area contributed by atoms with Crippen molar-refractivity contribution >= 4 is 9.84 Å². The van der Waals surface area contributed by atoms with E-state index in [1.165, 1.54) is 25.7 Å². The topological polar surface area (TPSA) is 63.4 Å². The average Bonchev–Trinajstić information content (AvgIpc) is 2.52. The molecule has 0 aromatic carbocycles. The molecular weight excluding hydrogens is 248 g/mol. The van der Waals surface area contributed by atoms with Gasteiger partial charge in [-0.05, 0) is 57.0 Å². The minimum Gasteiger partial charge on any atom is -0.330 e.